The lowest BCUT2D eigenvalue weighted by Crippen LogP contribution is -2.30. The quantitative estimate of drug-likeness (QED) is 0.283. The Bertz CT molecular complexity index is 1380. The monoisotopic (exact) mass is 495 g/mol. The third kappa shape index (κ3) is 5.09. The van der Waals surface area contributed by atoms with Crippen molar-refractivity contribution in [1.29, 1.82) is 0 Å². The molecule has 5 rings (SSSR count). The van der Waals surface area contributed by atoms with E-state index in [0.717, 1.165) is 10.4 Å². The predicted molar refractivity (Wildman–Crippen MR) is 140 cm³/mol. The van der Waals surface area contributed by atoms with Crippen molar-refractivity contribution in [2.45, 2.75) is 25.4 Å². The number of hydrogen-bond acceptors (Lipinski definition) is 5. The van der Waals surface area contributed by atoms with E-state index >= 15 is 0 Å². The van der Waals surface area contributed by atoms with Crippen LogP contribution in [0, 0.1) is 0 Å². The van der Waals surface area contributed by atoms with Crippen molar-refractivity contribution in [2.24, 2.45) is 0 Å². The molecule has 0 saturated carbocycles. The lowest BCUT2D eigenvalue weighted by atomic mass is 9.93. The van der Waals surface area contributed by atoms with E-state index in [4.69, 9.17) is 4.74 Å². The molecule has 1 atom stereocenters. The average Bonchev–Trinajstić information content (AvgIpc) is 3.51. The van der Waals surface area contributed by atoms with E-state index in [0.29, 0.717) is 30.0 Å². The normalized spacial score (nSPS) is 15.4. The smallest absolute Gasteiger partial charge is 0.290 e. The summed E-state index contributed by atoms with van der Waals surface area (Å²) in [6, 6.07) is 29.6. The number of amides is 1. The molecule has 0 saturated heterocycles. The first-order chi connectivity index (χ1) is 17.6. The number of ketones is 1. The topological polar surface area (TPSA) is 66.8 Å². The zero-order chi connectivity index (χ0) is 24.9. The molecule has 1 aliphatic heterocycles. The van der Waals surface area contributed by atoms with Gasteiger partial charge in [0, 0.05) is 11.3 Å². The molecule has 0 bridgehead atoms. The van der Waals surface area contributed by atoms with Crippen LogP contribution in [0.4, 0.5) is 0 Å². The molecule has 5 nitrogen and oxygen atoms in total. The number of thiophene rings is 1. The van der Waals surface area contributed by atoms with Crippen molar-refractivity contribution in [1.82, 2.24) is 4.90 Å². The molecule has 0 radical (unpaired) electrons. The molecular formula is C30H25NO4S. The van der Waals surface area contributed by atoms with Gasteiger partial charge in [-0.3, -0.25) is 9.59 Å². The molecule has 180 valence electrons. The van der Waals surface area contributed by atoms with Gasteiger partial charge in [-0.1, -0.05) is 66.7 Å². The van der Waals surface area contributed by atoms with Gasteiger partial charge in [0.25, 0.3) is 5.91 Å². The maximum Gasteiger partial charge on any atom is 0.290 e. The van der Waals surface area contributed by atoms with Gasteiger partial charge < -0.3 is 14.7 Å². The molecule has 1 aliphatic rings. The second-order valence-electron chi connectivity index (χ2n) is 8.57. The molecule has 3 aromatic carbocycles. The summed E-state index contributed by atoms with van der Waals surface area (Å²) in [5, 5.41) is 12.8. The first kappa shape index (κ1) is 23.6. The van der Waals surface area contributed by atoms with Gasteiger partial charge in [-0.2, -0.15) is 0 Å². The lowest BCUT2D eigenvalue weighted by molar-refractivity contribution is -0.130. The lowest BCUT2D eigenvalue weighted by Gasteiger charge is -2.27. The van der Waals surface area contributed by atoms with Gasteiger partial charge in [0.05, 0.1) is 18.2 Å². The highest BCUT2D eigenvalue weighted by Gasteiger charge is 2.43. The number of nitrogens with zero attached hydrogens (tertiary/aromatic N) is 1. The van der Waals surface area contributed by atoms with Crippen molar-refractivity contribution < 1.29 is 19.4 Å². The zero-order valence-electron chi connectivity index (χ0n) is 19.5. The molecule has 0 fully saturated rings. The van der Waals surface area contributed by atoms with Crippen LogP contribution < -0.4 is 4.74 Å². The summed E-state index contributed by atoms with van der Waals surface area (Å²) in [4.78, 5) is 29.2. The Morgan fingerprint density at radius 3 is 2.33 bits per heavy atom. The third-order valence-corrected chi connectivity index (χ3v) is 7.01. The average molecular weight is 496 g/mol. The maximum atomic E-state index is 13.5. The van der Waals surface area contributed by atoms with Crippen LogP contribution in [0.15, 0.2) is 114 Å². The van der Waals surface area contributed by atoms with Crippen molar-refractivity contribution in [2.75, 3.05) is 0 Å². The van der Waals surface area contributed by atoms with Crippen molar-refractivity contribution in [3.05, 3.63) is 130 Å². The summed E-state index contributed by atoms with van der Waals surface area (Å²) in [6.45, 7) is 0.296. The van der Waals surface area contributed by atoms with Crippen LogP contribution in [0.2, 0.25) is 0 Å². The number of ether oxygens (including phenoxy) is 1. The summed E-state index contributed by atoms with van der Waals surface area (Å²) in [5.74, 6) is 0.0300. The number of rotatable bonds is 9. The second-order valence-corrected chi connectivity index (χ2v) is 9.61. The molecule has 0 spiro atoms. The minimum absolute atomic E-state index is 0.143. The van der Waals surface area contributed by atoms with E-state index in [9.17, 15) is 14.7 Å². The van der Waals surface area contributed by atoms with Gasteiger partial charge in [-0.05, 0) is 53.3 Å². The standard InChI is InChI=1S/C30H25NO4S/c32-26(17-16-21-9-3-1-4-10-21)27-28(31(30(34)29(27)33)20-25-15-8-18-36-25)22-11-7-14-24(19-22)35-23-12-5-2-6-13-23/h1-15,18-19,28,33H,16-17,20H2. The number of benzene rings is 3. The van der Waals surface area contributed by atoms with Gasteiger partial charge in [0.15, 0.2) is 11.5 Å². The number of aliphatic hydroxyl groups excluding tert-OH is 1. The molecule has 1 unspecified atom stereocenters. The summed E-state index contributed by atoms with van der Waals surface area (Å²) in [7, 11) is 0. The summed E-state index contributed by atoms with van der Waals surface area (Å²) in [5.41, 5.74) is 1.88. The Balaban J connectivity index is 1.47. The van der Waals surface area contributed by atoms with Gasteiger partial charge in [0.1, 0.15) is 11.5 Å². The number of para-hydroxylation sites is 1. The largest absolute Gasteiger partial charge is 0.503 e. The molecular weight excluding hydrogens is 470 g/mol. The van der Waals surface area contributed by atoms with Gasteiger partial charge >= 0.3 is 0 Å². The van der Waals surface area contributed by atoms with E-state index < -0.39 is 17.7 Å². The number of Topliss-reactive ketones (excluding diaryl/α,β-unsaturated/α-hetero) is 1. The van der Waals surface area contributed by atoms with Crippen LogP contribution in [-0.2, 0) is 22.6 Å². The first-order valence-corrected chi connectivity index (χ1v) is 12.6. The van der Waals surface area contributed by atoms with Crippen molar-refractivity contribution in [3.8, 4) is 11.5 Å². The minimum Gasteiger partial charge on any atom is -0.503 e. The minimum atomic E-state index is -0.706. The highest BCUT2D eigenvalue weighted by molar-refractivity contribution is 7.09. The molecule has 4 aromatic rings. The highest BCUT2D eigenvalue weighted by Crippen LogP contribution is 2.41. The number of aliphatic hydroxyl groups is 1. The second kappa shape index (κ2) is 10.6. The Morgan fingerprint density at radius 2 is 1.61 bits per heavy atom. The molecule has 6 heteroatoms. The van der Waals surface area contributed by atoms with Gasteiger partial charge in [0.2, 0.25) is 0 Å². The van der Waals surface area contributed by atoms with Crippen LogP contribution in [0.5, 0.6) is 11.5 Å². The Labute approximate surface area is 213 Å². The Kier molecular flexibility index (Phi) is 6.96. The number of carbonyl (C=O) groups is 2. The third-order valence-electron chi connectivity index (χ3n) is 6.15. The fourth-order valence-corrected chi connectivity index (χ4v) is 5.13. The Hall–Kier alpha value is -4.16. The number of hydrogen-bond donors (Lipinski definition) is 1. The van der Waals surface area contributed by atoms with Gasteiger partial charge in [-0.15, -0.1) is 11.3 Å². The van der Waals surface area contributed by atoms with E-state index in [1.54, 1.807) is 4.90 Å². The van der Waals surface area contributed by atoms with Crippen LogP contribution in [0.1, 0.15) is 28.5 Å². The predicted octanol–water partition coefficient (Wildman–Crippen LogP) is 6.64. The summed E-state index contributed by atoms with van der Waals surface area (Å²) in [6.07, 6.45) is 0.722. The van der Waals surface area contributed by atoms with Crippen LogP contribution in [0.25, 0.3) is 0 Å². The van der Waals surface area contributed by atoms with Crippen LogP contribution >= 0.6 is 11.3 Å². The molecule has 36 heavy (non-hydrogen) atoms. The Morgan fingerprint density at radius 1 is 0.889 bits per heavy atom. The maximum absolute atomic E-state index is 13.5. The molecule has 0 aliphatic carbocycles. The molecule has 1 amide bonds. The SMILES string of the molecule is O=C(CCc1ccccc1)C1=C(O)C(=O)N(Cc2cccs2)C1c1cccc(Oc2ccccc2)c1. The summed E-state index contributed by atoms with van der Waals surface area (Å²) < 4.78 is 6.01. The number of aryl methyl sites for hydroxylation is 1. The van der Waals surface area contributed by atoms with E-state index in [1.807, 2.05) is 102 Å². The van der Waals surface area contributed by atoms with E-state index in [-0.39, 0.29) is 17.8 Å². The molecule has 1 N–H and O–H groups in total. The number of carbonyl (C=O) groups excluding carboxylic acids is 2. The molecule has 1 aromatic heterocycles. The van der Waals surface area contributed by atoms with Crippen molar-refractivity contribution >= 4 is 23.0 Å². The fraction of sp³-hybridized carbons (Fsp3) is 0.133. The zero-order valence-corrected chi connectivity index (χ0v) is 20.4. The van der Waals surface area contributed by atoms with Crippen LogP contribution in [0.3, 0.4) is 0 Å². The fourth-order valence-electron chi connectivity index (χ4n) is 4.43. The first-order valence-electron chi connectivity index (χ1n) is 11.8. The van der Waals surface area contributed by atoms with Crippen LogP contribution in [-0.4, -0.2) is 21.7 Å². The van der Waals surface area contributed by atoms with Gasteiger partial charge in [-0.25, -0.2) is 0 Å². The van der Waals surface area contributed by atoms with Crippen molar-refractivity contribution in [3.63, 3.8) is 0 Å². The summed E-state index contributed by atoms with van der Waals surface area (Å²) >= 11 is 1.53. The molecule has 2 heterocycles. The van der Waals surface area contributed by atoms with E-state index in [2.05, 4.69) is 0 Å². The van der Waals surface area contributed by atoms with E-state index in [1.165, 1.54) is 11.3 Å². The highest BCUT2D eigenvalue weighted by atomic mass is 32.1.